The van der Waals surface area contributed by atoms with Crippen molar-refractivity contribution >= 4 is 22.8 Å². The first-order valence-electron chi connectivity index (χ1n) is 8.16. The lowest BCUT2D eigenvalue weighted by molar-refractivity contribution is 0.282. The highest BCUT2D eigenvalue weighted by Crippen LogP contribution is 2.82. The van der Waals surface area contributed by atoms with E-state index in [-0.39, 0.29) is 18.5 Å². The van der Waals surface area contributed by atoms with Gasteiger partial charge < -0.3 is 0 Å². The van der Waals surface area contributed by atoms with Crippen LogP contribution in [0.15, 0.2) is 36.5 Å². The first-order chi connectivity index (χ1) is 11.3. The van der Waals surface area contributed by atoms with Gasteiger partial charge in [-0.3, -0.25) is 13.7 Å². The lowest BCUT2D eigenvalue weighted by atomic mass is 10.4. The molecule has 0 aromatic carbocycles. The molecular formula is C15H27O6P3. The smallest absolute Gasteiger partial charge is 0.259 e. The maximum atomic E-state index is 12.8. The van der Waals surface area contributed by atoms with Crippen LogP contribution in [-0.4, -0.2) is 18.5 Å². The van der Waals surface area contributed by atoms with Gasteiger partial charge in [0.05, 0.1) is 18.5 Å². The van der Waals surface area contributed by atoms with Crippen molar-refractivity contribution in [2.24, 2.45) is 0 Å². The van der Waals surface area contributed by atoms with Gasteiger partial charge in [0.1, 0.15) is 0 Å². The first-order valence-corrected chi connectivity index (χ1v) is 13.3. The molecule has 1 aliphatic heterocycles. The Balaban J connectivity index is 3.05. The third-order valence-electron chi connectivity index (χ3n) is 2.94. The number of hydrogen-bond acceptors (Lipinski definition) is 6. The largest absolute Gasteiger partial charge is 0.348 e. The van der Waals surface area contributed by atoms with Gasteiger partial charge in [0.2, 0.25) is 0 Å². The van der Waals surface area contributed by atoms with Crippen molar-refractivity contribution in [3.63, 3.8) is 0 Å². The Bertz CT molecular complexity index is 519. The molecule has 0 amide bonds. The van der Waals surface area contributed by atoms with E-state index in [0.717, 1.165) is 19.3 Å². The van der Waals surface area contributed by atoms with Crippen molar-refractivity contribution in [2.75, 3.05) is 18.5 Å². The molecule has 0 spiro atoms. The van der Waals surface area contributed by atoms with Crippen LogP contribution in [0.25, 0.3) is 0 Å². The van der Waals surface area contributed by atoms with Crippen LogP contribution in [0.4, 0.5) is 0 Å². The number of rotatable bonds is 9. The van der Waals surface area contributed by atoms with E-state index in [1.165, 1.54) is 0 Å². The Morgan fingerprint density at radius 3 is 1.00 bits per heavy atom. The van der Waals surface area contributed by atoms with Crippen LogP contribution < -0.4 is 0 Å². The summed E-state index contributed by atoms with van der Waals surface area (Å²) < 4.78 is 54.2. The van der Waals surface area contributed by atoms with Gasteiger partial charge in [-0.2, -0.15) is 0 Å². The predicted molar refractivity (Wildman–Crippen MR) is 99.0 cm³/mol. The van der Waals surface area contributed by atoms with E-state index in [2.05, 4.69) is 0 Å². The van der Waals surface area contributed by atoms with Crippen molar-refractivity contribution in [1.82, 2.24) is 0 Å². The van der Waals surface area contributed by atoms with E-state index in [1.807, 2.05) is 20.8 Å². The van der Waals surface area contributed by atoms with Crippen LogP contribution in [0.5, 0.6) is 0 Å². The summed E-state index contributed by atoms with van der Waals surface area (Å²) in [6, 6.07) is 0. The van der Waals surface area contributed by atoms with E-state index in [9.17, 15) is 13.7 Å². The number of allylic oxidation sites excluding steroid dienone is 6. The molecule has 9 heteroatoms. The Hall–Kier alpha value is -0.210. The molecule has 24 heavy (non-hydrogen) atoms. The molecular weight excluding hydrogens is 369 g/mol. The van der Waals surface area contributed by atoms with Crippen molar-refractivity contribution < 1.29 is 26.6 Å². The predicted octanol–water partition coefficient (Wildman–Crippen LogP) is 6.53. The zero-order valence-electron chi connectivity index (χ0n) is 14.5. The normalized spacial score (nSPS) is 34.6. The molecule has 6 nitrogen and oxygen atoms in total. The van der Waals surface area contributed by atoms with Crippen molar-refractivity contribution in [3.05, 3.63) is 36.5 Å². The minimum atomic E-state index is -3.79. The molecule has 1 saturated heterocycles. The summed E-state index contributed by atoms with van der Waals surface area (Å²) in [5.41, 5.74) is 0. The lowest BCUT2D eigenvalue weighted by Crippen LogP contribution is -2.09. The van der Waals surface area contributed by atoms with Crippen molar-refractivity contribution in [2.45, 2.75) is 40.0 Å². The summed E-state index contributed by atoms with van der Waals surface area (Å²) in [4.78, 5) is 0. The maximum Gasteiger partial charge on any atom is 0.348 e. The van der Waals surface area contributed by atoms with E-state index in [1.54, 1.807) is 36.5 Å². The Morgan fingerprint density at radius 2 is 0.792 bits per heavy atom. The molecule has 1 heterocycles. The van der Waals surface area contributed by atoms with E-state index >= 15 is 0 Å². The first kappa shape index (κ1) is 21.8. The van der Waals surface area contributed by atoms with Crippen LogP contribution in [0.2, 0.25) is 0 Å². The van der Waals surface area contributed by atoms with Gasteiger partial charge in [0, 0.05) is 0 Å². The molecule has 0 atom stereocenters. The average Bonchev–Trinajstić information content (AvgIpc) is 2.46. The van der Waals surface area contributed by atoms with Crippen LogP contribution in [0.1, 0.15) is 40.0 Å². The molecule has 138 valence electrons. The summed E-state index contributed by atoms with van der Waals surface area (Å²) in [5.74, 6) is 0. The van der Waals surface area contributed by atoms with E-state index < -0.39 is 22.8 Å². The Kier molecular flexibility index (Phi) is 9.16. The molecule has 0 saturated carbocycles. The lowest BCUT2D eigenvalue weighted by Gasteiger charge is -2.33. The fourth-order valence-corrected chi connectivity index (χ4v) is 10.5. The van der Waals surface area contributed by atoms with Crippen LogP contribution in [0.3, 0.4) is 0 Å². The average molecular weight is 396 g/mol. The van der Waals surface area contributed by atoms with Gasteiger partial charge in [-0.25, -0.2) is 12.9 Å². The highest BCUT2D eigenvalue weighted by Gasteiger charge is 2.51. The standard InChI is InChI=1S/C15H27O6P3/c1-4-7-10-13-22(16)19-23(17,14-11-8-5-2)21-24(18,20-22)15-12-9-6-3/h7-12H,4-6,13-15H2,1-3H3/b10-7+,11-8+,12-9+. The highest BCUT2D eigenvalue weighted by molar-refractivity contribution is 7.80. The fourth-order valence-electron chi connectivity index (χ4n) is 1.92. The van der Waals surface area contributed by atoms with Gasteiger partial charge in [-0.1, -0.05) is 57.2 Å². The molecule has 0 aromatic heterocycles. The molecule has 1 rings (SSSR count). The zero-order chi connectivity index (χ0) is 18.1. The summed E-state index contributed by atoms with van der Waals surface area (Å²) in [5, 5.41) is 0. The van der Waals surface area contributed by atoms with Gasteiger partial charge in [0.25, 0.3) is 0 Å². The third-order valence-corrected chi connectivity index (χ3v) is 10.9. The maximum absolute atomic E-state index is 12.8. The summed E-state index contributed by atoms with van der Waals surface area (Å²) in [6.07, 6.45) is 12.3. The molecule has 0 radical (unpaired) electrons. The molecule has 0 aromatic rings. The van der Waals surface area contributed by atoms with E-state index in [4.69, 9.17) is 12.9 Å². The van der Waals surface area contributed by atoms with Gasteiger partial charge >= 0.3 is 22.8 Å². The molecule has 1 fully saturated rings. The monoisotopic (exact) mass is 396 g/mol. The van der Waals surface area contributed by atoms with Crippen LogP contribution >= 0.6 is 22.8 Å². The van der Waals surface area contributed by atoms with Crippen LogP contribution in [-0.2, 0) is 26.6 Å². The Labute approximate surface area is 145 Å². The second-order valence-electron chi connectivity index (χ2n) is 5.26. The minimum absolute atomic E-state index is 0.0762. The summed E-state index contributed by atoms with van der Waals surface area (Å²) in [6.45, 7) is 5.79. The summed E-state index contributed by atoms with van der Waals surface area (Å²) >= 11 is 0. The molecule has 1 aliphatic rings. The molecule has 0 bridgehead atoms. The topological polar surface area (TPSA) is 78.9 Å². The number of hydrogen-bond donors (Lipinski definition) is 0. The molecule has 0 unspecified atom stereocenters. The third kappa shape index (κ3) is 7.35. The fraction of sp³-hybridized carbons (Fsp3) is 0.600. The second-order valence-corrected chi connectivity index (χ2v) is 12.0. The van der Waals surface area contributed by atoms with E-state index in [0.29, 0.717) is 0 Å². The van der Waals surface area contributed by atoms with Gasteiger partial charge in [0.15, 0.2) is 0 Å². The zero-order valence-corrected chi connectivity index (χ0v) is 17.2. The van der Waals surface area contributed by atoms with Gasteiger partial charge in [-0.05, 0) is 19.3 Å². The van der Waals surface area contributed by atoms with Gasteiger partial charge in [-0.15, -0.1) is 0 Å². The molecule has 0 aliphatic carbocycles. The second kappa shape index (κ2) is 10.1. The quantitative estimate of drug-likeness (QED) is 0.326. The highest BCUT2D eigenvalue weighted by atomic mass is 31.3. The van der Waals surface area contributed by atoms with Crippen molar-refractivity contribution in [1.29, 1.82) is 0 Å². The Morgan fingerprint density at radius 1 is 0.542 bits per heavy atom. The van der Waals surface area contributed by atoms with Crippen LogP contribution in [0, 0.1) is 0 Å². The summed E-state index contributed by atoms with van der Waals surface area (Å²) in [7, 11) is -11.4. The van der Waals surface area contributed by atoms with Crippen molar-refractivity contribution in [3.8, 4) is 0 Å². The molecule has 0 N–H and O–H groups in total. The SMILES string of the molecule is CC/C=C/CP1(=O)OP(=O)(C/C=C/CC)OP(=O)(C/C=C/CC)O1. The minimum Gasteiger partial charge on any atom is -0.259 e.